The minimum absolute atomic E-state index is 0.0196. The molecular weight excluding hydrogens is 172 g/mol. The van der Waals surface area contributed by atoms with E-state index >= 15 is 0 Å². The molecule has 0 amide bonds. The predicted octanol–water partition coefficient (Wildman–Crippen LogP) is 3.98. The molecule has 0 bridgehead atoms. The van der Waals surface area contributed by atoms with Gasteiger partial charge in [-0.15, -0.1) is 0 Å². The van der Waals surface area contributed by atoms with Gasteiger partial charge in [0.05, 0.1) is 6.04 Å². The molecule has 2 nitrogen and oxygen atoms in total. The number of nitrogens with one attached hydrogen (secondary N) is 1. The molecule has 0 heterocycles. The largest absolute Gasteiger partial charge is 0.209 e. The Morgan fingerprint density at radius 1 is 1.29 bits per heavy atom. The summed E-state index contributed by atoms with van der Waals surface area (Å²) in [5.74, 6) is 0.389. The fourth-order valence-electron chi connectivity index (χ4n) is 1.72. The minimum Gasteiger partial charge on any atom is -0.209 e. The molecule has 0 spiro atoms. The van der Waals surface area contributed by atoms with E-state index in [1.54, 1.807) is 0 Å². The molecule has 0 fully saturated rings. The molecule has 1 aromatic rings. The Bertz CT molecular complexity index is 305. The molecule has 76 valence electrons. The molecule has 0 saturated heterocycles. The molecule has 14 heavy (non-hydrogen) atoms. The molecule has 1 unspecified atom stereocenters. The zero-order valence-electron chi connectivity index (χ0n) is 9.12. The molecule has 0 saturated carbocycles. The highest BCUT2D eigenvalue weighted by Gasteiger charge is 2.16. The van der Waals surface area contributed by atoms with Gasteiger partial charge in [0.25, 0.3) is 0 Å². The number of hydrogen-bond donors (Lipinski definition) is 1. The first kappa shape index (κ1) is 10.9. The van der Waals surface area contributed by atoms with E-state index in [0.717, 1.165) is 6.42 Å². The molecular formula is C12H18N2. The number of rotatable bonds is 4. The van der Waals surface area contributed by atoms with Crippen LogP contribution < -0.4 is 0 Å². The van der Waals surface area contributed by atoms with Crippen LogP contribution in [0.3, 0.4) is 0 Å². The Kier molecular flexibility index (Phi) is 3.81. The summed E-state index contributed by atoms with van der Waals surface area (Å²) in [6.07, 6.45) is 1.01. The number of hydrogen-bond acceptors (Lipinski definition) is 2. The average Bonchev–Trinajstić information content (AvgIpc) is 2.19. The van der Waals surface area contributed by atoms with Crippen LogP contribution >= 0.6 is 0 Å². The summed E-state index contributed by atoms with van der Waals surface area (Å²) in [4.78, 5) is 0. The molecule has 1 aromatic carbocycles. The zero-order chi connectivity index (χ0) is 10.6. The van der Waals surface area contributed by atoms with E-state index in [1.165, 1.54) is 11.1 Å². The molecule has 0 aliphatic rings. The summed E-state index contributed by atoms with van der Waals surface area (Å²) in [5, 5.41) is 3.72. The second-order valence-corrected chi connectivity index (χ2v) is 3.87. The van der Waals surface area contributed by atoms with Crippen molar-refractivity contribution in [2.45, 2.75) is 33.2 Å². The van der Waals surface area contributed by atoms with Crippen LogP contribution in [0.2, 0.25) is 0 Å². The summed E-state index contributed by atoms with van der Waals surface area (Å²) in [7, 11) is 0. The first-order chi connectivity index (χ1) is 6.70. The van der Waals surface area contributed by atoms with Gasteiger partial charge in [-0.2, -0.15) is 5.11 Å². The van der Waals surface area contributed by atoms with Crippen LogP contribution in [0.1, 0.15) is 37.9 Å². The summed E-state index contributed by atoms with van der Waals surface area (Å²) < 4.78 is 0. The maximum atomic E-state index is 7.22. The normalized spacial score (nSPS) is 12.9. The third kappa shape index (κ3) is 2.19. The molecule has 0 aromatic heterocycles. The lowest BCUT2D eigenvalue weighted by Crippen LogP contribution is -2.06. The van der Waals surface area contributed by atoms with E-state index < -0.39 is 0 Å². The van der Waals surface area contributed by atoms with Crippen molar-refractivity contribution < 1.29 is 0 Å². The Morgan fingerprint density at radius 3 is 2.43 bits per heavy atom. The van der Waals surface area contributed by atoms with Crippen LogP contribution in [0.5, 0.6) is 0 Å². The topological polar surface area (TPSA) is 36.2 Å². The molecule has 0 aliphatic carbocycles. The number of aryl methyl sites for hydroxylation is 1. The summed E-state index contributed by atoms with van der Waals surface area (Å²) >= 11 is 0. The highest BCUT2D eigenvalue weighted by Crippen LogP contribution is 2.28. The Labute approximate surface area is 85.9 Å². The number of benzene rings is 1. The van der Waals surface area contributed by atoms with Gasteiger partial charge in [-0.3, -0.25) is 0 Å². The summed E-state index contributed by atoms with van der Waals surface area (Å²) in [5.41, 5.74) is 9.74. The maximum absolute atomic E-state index is 7.22. The van der Waals surface area contributed by atoms with Crippen LogP contribution in [-0.4, -0.2) is 0 Å². The highest BCUT2D eigenvalue weighted by molar-refractivity contribution is 5.30. The molecule has 1 atom stereocenters. The second-order valence-electron chi connectivity index (χ2n) is 3.87. The Morgan fingerprint density at radius 2 is 1.93 bits per heavy atom. The van der Waals surface area contributed by atoms with E-state index in [-0.39, 0.29) is 6.04 Å². The van der Waals surface area contributed by atoms with Crippen LogP contribution in [0.25, 0.3) is 0 Å². The predicted molar refractivity (Wildman–Crippen MR) is 58.5 cm³/mol. The van der Waals surface area contributed by atoms with Crippen molar-refractivity contribution in [2.24, 2.45) is 11.0 Å². The third-order valence-electron chi connectivity index (χ3n) is 2.53. The van der Waals surface area contributed by atoms with E-state index in [2.05, 4.69) is 38.0 Å². The van der Waals surface area contributed by atoms with Crippen LogP contribution in [0, 0.1) is 11.4 Å². The highest BCUT2D eigenvalue weighted by atomic mass is 15.0. The van der Waals surface area contributed by atoms with Gasteiger partial charge in [0.15, 0.2) is 0 Å². The van der Waals surface area contributed by atoms with Gasteiger partial charge in [-0.05, 0) is 23.5 Å². The lowest BCUT2D eigenvalue weighted by atomic mass is 9.92. The van der Waals surface area contributed by atoms with Gasteiger partial charge >= 0.3 is 0 Å². The fourth-order valence-corrected chi connectivity index (χ4v) is 1.72. The first-order valence-electron chi connectivity index (χ1n) is 5.15. The van der Waals surface area contributed by atoms with Crippen molar-refractivity contribution in [3.8, 4) is 0 Å². The average molecular weight is 190 g/mol. The summed E-state index contributed by atoms with van der Waals surface area (Å²) in [6.45, 7) is 6.35. The van der Waals surface area contributed by atoms with Crippen molar-refractivity contribution in [3.63, 3.8) is 0 Å². The van der Waals surface area contributed by atoms with Gasteiger partial charge in [0.2, 0.25) is 0 Å². The number of nitrogens with zero attached hydrogens (tertiary/aromatic N) is 1. The second kappa shape index (κ2) is 4.89. The SMILES string of the molecule is CCc1ccccc1C(N=N)C(C)C. The van der Waals surface area contributed by atoms with Gasteiger partial charge in [0.1, 0.15) is 0 Å². The zero-order valence-corrected chi connectivity index (χ0v) is 9.12. The van der Waals surface area contributed by atoms with E-state index in [9.17, 15) is 0 Å². The van der Waals surface area contributed by atoms with Crippen LogP contribution in [-0.2, 0) is 6.42 Å². The van der Waals surface area contributed by atoms with Gasteiger partial charge in [-0.1, -0.05) is 45.0 Å². The quantitative estimate of drug-likeness (QED) is 0.697. The van der Waals surface area contributed by atoms with Crippen molar-refractivity contribution in [1.29, 1.82) is 5.53 Å². The fraction of sp³-hybridized carbons (Fsp3) is 0.500. The Hall–Kier alpha value is -1.18. The van der Waals surface area contributed by atoms with E-state index in [4.69, 9.17) is 5.53 Å². The Balaban J connectivity index is 3.08. The van der Waals surface area contributed by atoms with Gasteiger partial charge in [0, 0.05) is 0 Å². The monoisotopic (exact) mass is 190 g/mol. The first-order valence-corrected chi connectivity index (χ1v) is 5.15. The molecule has 0 aliphatic heterocycles. The van der Waals surface area contributed by atoms with Gasteiger partial charge in [-0.25, -0.2) is 5.53 Å². The van der Waals surface area contributed by atoms with Crippen LogP contribution in [0.4, 0.5) is 0 Å². The lowest BCUT2D eigenvalue weighted by Gasteiger charge is -2.17. The smallest absolute Gasteiger partial charge is 0.0980 e. The van der Waals surface area contributed by atoms with Crippen molar-refractivity contribution in [1.82, 2.24) is 0 Å². The summed E-state index contributed by atoms with van der Waals surface area (Å²) in [6, 6.07) is 8.29. The van der Waals surface area contributed by atoms with E-state index in [0.29, 0.717) is 5.92 Å². The van der Waals surface area contributed by atoms with Gasteiger partial charge < -0.3 is 0 Å². The standard InChI is InChI=1S/C12H18N2/c1-4-10-7-5-6-8-11(10)12(14-13)9(2)3/h5-9,12-13H,4H2,1-3H3. The van der Waals surface area contributed by atoms with Crippen molar-refractivity contribution >= 4 is 0 Å². The minimum atomic E-state index is 0.0196. The van der Waals surface area contributed by atoms with E-state index in [1.807, 2.05) is 12.1 Å². The third-order valence-corrected chi connectivity index (χ3v) is 2.53. The lowest BCUT2D eigenvalue weighted by molar-refractivity contribution is 0.486. The van der Waals surface area contributed by atoms with Crippen LogP contribution in [0.15, 0.2) is 29.4 Å². The molecule has 1 rings (SSSR count). The van der Waals surface area contributed by atoms with Crippen molar-refractivity contribution in [3.05, 3.63) is 35.4 Å². The molecule has 0 radical (unpaired) electrons. The maximum Gasteiger partial charge on any atom is 0.0980 e. The molecule has 1 N–H and O–H groups in total. The molecule has 2 heteroatoms. The van der Waals surface area contributed by atoms with Crippen molar-refractivity contribution in [2.75, 3.05) is 0 Å².